The lowest BCUT2D eigenvalue weighted by atomic mass is 9.82. The Morgan fingerprint density at radius 3 is 2.79 bits per heavy atom. The van der Waals surface area contributed by atoms with Crippen LogP contribution >= 0.6 is 0 Å². The molecule has 1 aliphatic carbocycles. The van der Waals surface area contributed by atoms with Gasteiger partial charge in [-0.15, -0.1) is 0 Å². The zero-order valence-electron chi connectivity index (χ0n) is 11.1. The van der Waals surface area contributed by atoms with E-state index < -0.39 is 0 Å². The fourth-order valence-electron chi connectivity index (χ4n) is 2.78. The van der Waals surface area contributed by atoms with E-state index in [9.17, 15) is 9.90 Å². The molecule has 1 amide bonds. The normalized spacial score (nSPS) is 17.9. The monoisotopic (exact) mass is 263 g/mol. The van der Waals surface area contributed by atoms with E-state index in [2.05, 4.69) is 15.5 Å². The average Bonchev–Trinajstić information content (AvgIpc) is 2.48. The first-order valence-corrected chi connectivity index (χ1v) is 6.99. The van der Waals surface area contributed by atoms with E-state index in [1.807, 2.05) is 0 Å². The van der Waals surface area contributed by atoms with E-state index in [1.54, 1.807) is 6.07 Å². The van der Waals surface area contributed by atoms with Crippen LogP contribution in [0.15, 0.2) is 18.5 Å². The minimum absolute atomic E-state index is 0.0611. The van der Waals surface area contributed by atoms with Crippen molar-refractivity contribution >= 4 is 5.91 Å². The molecule has 1 aromatic heterocycles. The predicted molar refractivity (Wildman–Crippen MR) is 71.6 cm³/mol. The van der Waals surface area contributed by atoms with Crippen molar-refractivity contribution in [1.82, 2.24) is 15.5 Å². The van der Waals surface area contributed by atoms with E-state index in [0.717, 1.165) is 12.8 Å². The van der Waals surface area contributed by atoms with Gasteiger partial charge >= 0.3 is 0 Å². The van der Waals surface area contributed by atoms with Gasteiger partial charge in [-0.3, -0.25) is 4.79 Å². The van der Waals surface area contributed by atoms with Crippen LogP contribution in [0.3, 0.4) is 0 Å². The molecule has 1 fully saturated rings. The number of carbonyl (C=O) groups is 1. The lowest BCUT2D eigenvalue weighted by Gasteiger charge is -2.30. The molecular weight excluding hydrogens is 242 g/mol. The van der Waals surface area contributed by atoms with Crippen molar-refractivity contribution in [2.45, 2.75) is 44.6 Å². The Morgan fingerprint density at radius 1 is 1.37 bits per heavy atom. The molecule has 104 valence electrons. The molecule has 0 saturated heterocycles. The minimum atomic E-state index is -0.126. The molecule has 0 radical (unpaired) electrons. The van der Waals surface area contributed by atoms with E-state index in [-0.39, 0.29) is 18.6 Å². The summed E-state index contributed by atoms with van der Waals surface area (Å²) in [4.78, 5) is 12.1. The molecule has 2 rings (SSSR count). The van der Waals surface area contributed by atoms with Crippen molar-refractivity contribution in [1.29, 1.82) is 0 Å². The van der Waals surface area contributed by atoms with Crippen molar-refractivity contribution in [2.24, 2.45) is 5.92 Å². The Hall–Kier alpha value is -1.49. The summed E-state index contributed by atoms with van der Waals surface area (Å²) in [5, 5.41) is 19.6. The van der Waals surface area contributed by atoms with Crippen molar-refractivity contribution in [3.8, 4) is 0 Å². The topological polar surface area (TPSA) is 75.1 Å². The number of carbonyl (C=O) groups excluding carboxylic acids is 1. The van der Waals surface area contributed by atoms with Gasteiger partial charge in [0, 0.05) is 12.6 Å². The summed E-state index contributed by atoms with van der Waals surface area (Å²) in [6.45, 7) is 0.107. The quantitative estimate of drug-likeness (QED) is 0.845. The van der Waals surface area contributed by atoms with Crippen LogP contribution in [0.2, 0.25) is 0 Å². The lowest BCUT2D eigenvalue weighted by Crippen LogP contribution is -2.41. The number of aromatic nitrogens is 2. The first-order chi connectivity index (χ1) is 9.31. The van der Waals surface area contributed by atoms with E-state index in [0.29, 0.717) is 17.9 Å². The maximum absolute atomic E-state index is 12.1. The number of aliphatic hydroxyl groups is 1. The Morgan fingerprint density at radius 2 is 2.16 bits per heavy atom. The molecule has 19 heavy (non-hydrogen) atoms. The molecule has 0 spiro atoms. The molecule has 0 bridgehead atoms. The molecule has 1 atom stereocenters. The number of aliphatic hydroxyl groups excluding tert-OH is 1. The Balaban J connectivity index is 1.97. The fourth-order valence-corrected chi connectivity index (χ4v) is 2.78. The molecule has 1 saturated carbocycles. The van der Waals surface area contributed by atoms with Gasteiger partial charge in [-0.05, 0) is 31.2 Å². The van der Waals surface area contributed by atoms with Gasteiger partial charge in [-0.2, -0.15) is 10.2 Å². The number of rotatable bonds is 5. The van der Waals surface area contributed by atoms with Crippen molar-refractivity contribution < 1.29 is 9.90 Å². The highest BCUT2D eigenvalue weighted by Gasteiger charge is 2.25. The molecule has 1 aliphatic rings. The van der Waals surface area contributed by atoms with E-state index in [4.69, 9.17) is 0 Å². The van der Waals surface area contributed by atoms with Crippen LogP contribution in [-0.2, 0) is 0 Å². The second kappa shape index (κ2) is 7.19. The van der Waals surface area contributed by atoms with Crippen LogP contribution in [0, 0.1) is 5.92 Å². The van der Waals surface area contributed by atoms with Crippen LogP contribution in [0.4, 0.5) is 0 Å². The molecule has 0 aromatic carbocycles. The zero-order chi connectivity index (χ0) is 13.5. The molecule has 2 N–H and O–H groups in total. The van der Waals surface area contributed by atoms with Gasteiger partial charge in [-0.25, -0.2) is 0 Å². The van der Waals surface area contributed by atoms with Gasteiger partial charge in [0.05, 0.1) is 18.0 Å². The Kier molecular flexibility index (Phi) is 5.27. The summed E-state index contributed by atoms with van der Waals surface area (Å²) in [6.07, 6.45) is 9.60. The van der Waals surface area contributed by atoms with Crippen LogP contribution in [0.5, 0.6) is 0 Å². The first kappa shape index (κ1) is 13.9. The highest BCUT2D eigenvalue weighted by atomic mass is 16.3. The van der Waals surface area contributed by atoms with Gasteiger partial charge in [0.1, 0.15) is 0 Å². The molecule has 0 aliphatic heterocycles. The largest absolute Gasteiger partial charge is 0.396 e. The van der Waals surface area contributed by atoms with E-state index >= 15 is 0 Å². The smallest absolute Gasteiger partial charge is 0.253 e. The maximum Gasteiger partial charge on any atom is 0.253 e. The number of nitrogens with zero attached hydrogens (tertiary/aromatic N) is 2. The number of nitrogens with one attached hydrogen (secondary N) is 1. The third-order valence-corrected chi connectivity index (χ3v) is 3.82. The SMILES string of the molecule is O=C(NC(CCO)C1CCCCC1)c1ccnnc1. The summed E-state index contributed by atoms with van der Waals surface area (Å²) in [5.74, 6) is 0.360. The number of hydrogen-bond donors (Lipinski definition) is 2. The second-order valence-corrected chi connectivity index (χ2v) is 5.12. The number of hydrogen-bond acceptors (Lipinski definition) is 4. The van der Waals surface area contributed by atoms with Gasteiger partial charge in [-0.1, -0.05) is 19.3 Å². The maximum atomic E-state index is 12.1. The summed E-state index contributed by atoms with van der Waals surface area (Å²) in [5.41, 5.74) is 0.522. The van der Waals surface area contributed by atoms with Gasteiger partial charge < -0.3 is 10.4 Å². The van der Waals surface area contributed by atoms with Crippen LogP contribution < -0.4 is 5.32 Å². The van der Waals surface area contributed by atoms with Crippen LogP contribution in [0.25, 0.3) is 0 Å². The summed E-state index contributed by atoms with van der Waals surface area (Å²) in [7, 11) is 0. The van der Waals surface area contributed by atoms with Gasteiger partial charge in [0.15, 0.2) is 0 Å². The van der Waals surface area contributed by atoms with Crippen molar-refractivity contribution in [2.75, 3.05) is 6.61 Å². The molecule has 1 unspecified atom stereocenters. The highest BCUT2D eigenvalue weighted by Crippen LogP contribution is 2.27. The summed E-state index contributed by atoms with van der Waals surface area (Å²) >= 11 is 0. The highest BCUT2D eigenvalue weighted by molar-refractivity contribution is 5.93. The Labute approximate surface area is 113 Å². The van der Waals surface area contributed by atoms with Crippen molar-refractivity contribution in [3.05, 3.63) is 24.0 Å². The third-order valence-electron chi connectivity index (χ3n) is 3.82. The molecule has 1 aromatic rings. The lowest BCUT2D eigenvalue weighted by molar-refractivity contribution is 0.0899. The van der Waals surface area contributed by atoms with Crippen LogP contribution in [0.1, 0.15) is 48.9 Å². The molecular formula is C14H21N3O2. The third kappa shape index (κ3) is 3.99. The molecule has 1 heterocycles. The van der Waals surface area contributed by atoms with Crippen molar-refractivity contribution in [3.63, 3.8) is 0 Å². The molecule has 5 nitrogen and oxygen atoms in total. The second-order valence-electron chi connectivity index (χ2n) is 5.12. The number of amides is 1. The average molecular weight is 263 g/mol. The van der Waals surface area contributed by atoms with Gasteiger partial charge in [0.25, 0.3) is 5.91 Å². The van der Waals surface area contributed by atoms with E-state index in [1.165, 1.54) is 31.7 Å². The first-order valence-electron chi connectivity index (χ1n) is 6.99. The zero-order valence-corrected chi connectivity index (χ0v) is 11.1. The van der Waals surface area contributed by atoms with Crippen LogP contribution in [-0.4, -0.2) is 33.9 Å². The fraction of sp³-hybridized carbons (Fsp3) is 0.643. The van der Waals surface area contributed by atoms with Gasteiger partial charge in [0.2, 0.25) is 0 Å². The summed E-state index contributed by atoms with van der Waals surface area (Å²) in [6, 6.07) is 1.71. The minimum Gasteiger partial charge on any atom is -0.396 e. The summed E-state index contributed by atoms with van der Waals surface area (Å²) < 4.78 is 0. The predicted octanol–water partition coefficient (Wildman–Crippen LogP) is 1.54. The standard InChI is InChI=1S/C14H21N3O2/c18-9-7-13(11-4-2-1-3-5-11)17-14(19)12-6-8-15-16-10-12/h6,8,10-11,13,18H,1-5,7,9H2,(H,17,19). The molecule has 5 heteroatoms. The Bertz CT molecular complexity index is 391.